The Hall–Kier alpha value is 0.630. The number of rotatable bonds is 2. The molecule has 0 radical (unpaired) electrons. The summed E-state index contributed by atoms with van der Waals surface area (Å²) in [4.78, 5) is 12.3. The van der Waals surface area contributed by atoms with Crippen LogP contribution in [0.3, 0.4) is 0 Å². The minimum atomic E-state index is 0.321. The Morgan fingerprint density at radius 1 is 1.00 bits per heavy atom. The maximum Gasteiger partial charge on any atom is 0.146 e. The summed E-state index contributed by atoms with van der Waals surface area (Å²) in [5.74, 6) is 0.726. The van der Waals surface area contributed by atoms with Gasteiger partial charge in [0.25, 0.3) is 0 Å². The van der Waals surface area contributed by atoms with Crippen molar-refractivity contribution in [2.24, 2.45) is 5.92 Å². The smallest absolute Gasteiger partial charge is 0.146 e. The summed E-state index contributed by atoms with van der Waals surface area (Å²) < 4.78 is 0. The van der Waals surface area contributed by atoms with Crippen molar-refractivity contribution in [3.05, 3.63) is 0 Å². The van der Waals surface area contributed by atoms with Crippen LogP contribution >= 0.6 is 31.9 Å². The molecule has 0 N–H and O–H groups in total. The summed E-state index contributed by atoms with van der Waals surface area (Å²) in [5.41, 5.74) is 0. The van der Waals surface area contributed by atoms with Crippen LogP contribution in [0, 0.1) is 5.92 Å². The van der Waals surface area contributed by atoms with E-state index in [-0.39, 0.29) is 0 Å². The molecule has 0 amide bonds. The van der Waals surface area contributed by atoms with E-state index in [1.807, 2.05) is 0 Å². The molecule has 1 rings (SSSR count). The van der Waals surface area contributed by atoms with Crippen molar-refractivity contribution in [1.29, 1.82) is 0 Å². The second-order valence-electron chi connectivity index (χ2n) is 4.46. The third kappa shape index (κ3) is 5.48. The van der Waals surface area contributed by atoms with Crippen LogP contribution in [-0.2, 0) is 4.79 Å². The molecule has 0 spiro atoms. The lowest BCUT2D eigenvalue weighted by Crippen LogP contribution is -2.17. The summed E-state index contributed by atoms with van der Waals surface area (Å²) in [6, 6.07) is 0. The zero-order valence-corrected chi connectivity index (χ0v) is 12.4. The Morgan fingerprint density at radius 3 is 2.33 bits per heavy atom. The lowest BCUT2D eigenvalue weighted by molar-refractivity contribution is -0.120. The average molecular weight is 340 g/mol. The Balaban J connectivity index is 2.40. The average Bonchev–Trinajstić information content (AvgIpc) is 2.25. The lowest BCUT2D eigenvalue weighted by atomic mass is 9.90. The standard InChI is InChI=1S/C12H20Br2O/c13-9-12(15)10-5-2-1-3-7-11(14)8-4-6-10/h10-11H,1-9H2/t10?,11-/m1/s1. The second-order valence-corrected chi connectivity index (χ2v) is 6.32. The fraction of sp³-hybridized carbons (Fsp3) is 0.917. The van der Waals surface area contributed by atoms with Gasteiger partial charge in [0.2, 0.25) is 0 Å². The molecule has 1 aliphatic rings. The molecule has 88 valence electrons. The van der Waals surface area contributed by atoms with Gasteiger partial charge in [0.05, 0.1) is 5.33 Å². The highest BCUT2D eigenvalue weighted by molar-refractivity contribution is 9.09. The molecule has 3 heteroatoms. The van der Waals surface area contributed by atoms with Gasteiger partial charge in [-0.05, 0) is 25.7 Å². The highest BCUT2D eigenvalue weighted by Gasteiger charge is 2.18. The van der Waals surface area contributed by atoms with E-state index in [1.165, 1.54) is 38.5 Å². The minimum Gasteiger partial charge on any atom is -0.298 e. The molecule has 1 fully saturated rings. The number of carbonyl (C=O) groups is 1. The molecule has 1 aliphatic carbocycles. The molecule has 2 atom stereocenters. The van der Waals surface area contributed by atoms with Crippen LogP contribution in [0.1, 0.15) is 51.4 Å². The van der Waals surface area contributed by atoms with Crippen molar-refractivity contribution in [1.82, 2.24) is 0 Å². The van der Waals surface area contributed by atoms with Crippen LogP contribution in [0.2, 0.25) is 0 Å². The number of Topliss-reactive ketones (excluding diaryl/α,β-unsaturated/α-hetero) is 1. The molecular weight excluding hydrogens is 320 g/mol. The first-order chi connectivity index (χ1) is 7.24. The van der Waals surface area contributed by atoms with Gasteiger partial charge < -0.3 is 0 Å². The molecule has 0 aromatic carbocycles. The molecule has 0 aromatic heterocycles. The van der Waals surface area contributed by atoms with E-state index in [2.05, 4.69) is 31.9 Å². The van der Waals surface area contributed by atoms with Gasteiger partial charge in [0, 0.05) is 10.7 Å². The number of hydrogen-bond donors (Lipinski definition) is 0. The van der Waals surface area contributed by atoms with Crippen molar-refractivity contribution in [3.8, 4) is 0 Å². The molecular formula is C12H20Br2O. The van der Waals surface area contributed by atoms with E-state index in [9.17, 15) is 4.79 Å². The van der Waals surface area contributed by atoms with Gasteiger partial charge in [-0.1, -0.05) is 57.5 Å². The van der Waals surface area contributed by atoms with Crippen LogP contribution in [0.5, 0.6) is 0 Å². The lowest BCUT2D eigenvalue weighted by Gasteiger charge is -2.18. The van der Waals surface area contributed by atoms with Gasteiger partial charge in [-0.2, -0.15) is 0 Å². The summed E-state index contributed by atoms with van der Waals surface area (Å²) in [6.07, 6.45) is 9.74. The molecule has 0 aromatic rings. The van der Waals surface area contributed by atoms with Crippen molar-refractivity contribution in [2.75, 3.05) is 5.33 Å². The van der Waals surface area contributed by atoms with Crippen LogP contribution in [-0.4, -0.2) is 15.9 Å². The monoisotopic (exact) mass is 338 g/mol. The van der Waals surface area contributed by atoms with Crippen molar-refractivity contribution in [2.45, 2.75) is 56.2 Å². The van der Waals surface area contributed by atoms with Crippen molar-refractivity contribution < 1.29 is 4.79 Å². The summed E-state index contributed by atoms with van der Waals surface area (Å²) in [7, 11) is 0. The van der Waals surface area contributed by atoms with E-state index in [0.29, 0.717) is 21.9 Å². The number of carbonyl (C=O) groups excluding carboxylic acids is 1. The highest BCUT2D eigenvalue weighted by Crippen LogP contribution is 2.25. The number of ketones is 1. The van der Waals surface area contributed by atoms with Gasteiger partial charge in [0.15, 0.2) is 0 Å². The zero-order valence-electron chi connectivity index (χ0n) is 9.18. The molecule has 1 unspecified atom stereocenters. The number of hydrogen-bond acceptors (Lipinski definition) is 1. The topological polar surface area (TPSA) is 17.1 Å². The summed E-state index contributed by atoms with van der Waals surface area (Å²) >= 11 is 7.00. The third-order valence-electron chi connectivity index (χ3n) is 3.23. The zero-order chi connectivity index (χ0) is 11.1. The van der Waals surface area contributed by atoms with Gasteiger partial charge in [-0.3, -0.25) is 4.79 Å². The maximum atomic E-state index is 11.7. The fourth-order valence-corrected chi connectivity index (χ4v) is 3.34. The molecule has 1 saturated carbocycles. The predicted molar refractivity (Wildman–Crippen MR) is 71.9 cm³/mol. The molecule has 1 nitrogen and oxygen atoms in total. The van der Waals surface area contributed by atoms with Crippen molar-refractivity contribution >= 4 is 37.6 Å². The minimum absolute atomic E-state index is 0.321. The maximum absolute atomic E-state index is 11.7. The molecule has 15 heavy (non-hydrogen) atoms. The van der Waals surface area contributed by atoms with Crippen molar-refractivity contribution in [3.63, 3.8) is 0 Å². The van der Waals surface area contributed by atoms with Gasteiger partial charge >= 0.3 is 0 Å². The largest absolute Gasteiger partial charge is 0.298 e. The molecule has 0 bridgehead atoms. The predicted octanol–water partition coefficient (Wildman–Crippen LogP) is 4.46. The normalized spacial score (nSPS) is 29.7. The van der Waals surface area contributed by atoms with Crippen LogP contribution in [0.4, 0.5) is 0 Å². The second kappa shape index (κ2) is 7.83. The summed E-state index contributed by atoms with van der Waals surface area (Å²) in [6.45, 7) is 0. The van der Waals surface area contributed by atoms with Crippen LogP contribution < -0.4 is 0 Å². The SMILES string of the molecule is O=C(CBr)C1CCCCC[C@@H](Br)CCC1. The van der Waals surface area contributed by atoms with Crippen LogP contribution in [0.25, 0.3) is 0 Å². The highest BCUT2D eigenvalue weighted by atomic mass is 79.9. The first-order valence-electron chi connectivity index (χ1n) is 5.96. The Bertz CT molecular complexity index is 194. The quantitative estimate of drug-likeness (QED) is 0.678. The van der Waals surface area contributed by atoms with Gasteiger partial charge in [0.1, 0.15) is 5.78 Å². The third-order valence-corrected chi connectivity index (χ3v) is 4.70. The van der Waals surface area contributed by atoms with Gasteiger partial charge in [-0.15, -0.1) is 0 Å². The molecule has 0 heterocycles. The van der Waals surface area contributed by atoms with E-state index in [1.54, 1.807) is 0 Å². The first-order valence-corrected chi connectivity index (χ1v) is 8.00. The van der Waals surface area contributed by atoms with E-state index in [4.69, 9.17) is 0 Å². The number of alkyl halides is 2. The van der Waals surface area contributed by atoms with E-state index < -0.39 is 0 Å². The first kappa shape index (κ1) is 13.7. The molecule has 0 saturated heterocycles. The molecule has 0 aliphatic heterocycles. The fourth-order valence-electron chi connectivity index (χ4n) is 2.24. The Kier molecular flexibility index (Phi) is 7.15. The van der Waals surface area contributed by atoms with Gasteiger partial charge in [-0.25, -0.2) is 0 Å². The van der Waals surface area contributed by atoms with E-state index in [0.717, 1.165) is 12.8 Å². The summed E-state index contributed by atoms with van der Waals surface area (Å²) in [5, 5.41) is 0.537. The Morgan fingerprint density at radius 2 is 1.60 bits per heavy atom. The van der Waals surface area contributed by atoms with Crippen LogP contribution in [0.15, 0.2) is 0 Å². The number of halogens is 2. The van der Waals surface area contributed by atoms with E-state index >= 15 is 0 Å². The Labute approximate surface area is 110 Å².